The van der Waals surface area contributed by atoms with Crippen molar-refractivity contribution in [1.29, 1.82) is 0 Å². The number of hydrogen-bond acceptors (Lipinski definition) is 1. The Morgan fingerprint density at radius 2 is 1.76 bits per heavy atom. The minimum atomic E-state index is -0.383. The molecule has 1 N–H and O–H groups in total. The van der Waals surface area contributed by atoms with Crippen LogP contribution in [0, 0.1) is 13.8 Å². The number of benzene rings is 2. The number of fused-ring (bicyclic) bond motifs is 1. The van der Waals surface area contributed by atoms with Gasteiger partial charge in [0, 0.05) is 0 Å². The third-order valence-electron chi connectivity index (χ3n) is 5.09. The summed E-state index contributed by atoms with van der Waals surface area (Å²) in [5.41, 5.74) is 8.29. The van der Waals surface area contributed by atoms with E-state index in [1.54, 1.807) is 0 Å². The van der Waals surface area contributed by atoms with Crippen molar-refractivity contribution in [2.45, 2.75) is 53.0 Å². The molecule has 0 heterocycles. The maximum absolute atomic E-state index is 12.8. The number of carbonyl (C=O) groups is 1. The second-order valence-electron chi connectivity index (χ2n) is 7.82. The largest absolute Gasteiger partial charge is 0.347 e. The van der Waals surface area contributed by atoms with Crippen molar-refractivity contribution in [3.05, 3.63) is 75.9 Å². The van der Waals surface area contributed by atoms with Crippen LogP contribution in [-0.4, -0.2) is 5.91 Å². The van der Waals surface area contributed by atoms with Gasteiger partial charge in [0.25, 0.3) is 0 Å². The van der Waals surface area contributed by atoms with Crippen LogP contribution in [0.15, 0.2) is 48.0 Å². The quantitative estimate of drug-likeness (QED) is 0.831. The molecule has 2 aromatic carbocycles. The number of nitrogens with one attached hydrogen (secondary N) is 1. The lowest BCUT2D eigenvalue weighted by molar-refractivity contribution is -0.121. The molecule has 0 radical (unpaired) electrons. The molecule has 0 saturated heterocycles. The zero-order chi connectivity index (χ0) is 18.2. The maximum Gasteiger partial charge on any atom is 0.225 e. The Morgan fingerprint density at radius 3 is 2.48 bits per heavy atom. The summed E-state index contributed by atoms with van der Waals surface area (Å²) in [5, 5.41) is 3.22. The fourth-order valence-electron chi connectivity index (χ4n) is 3.65. The summed E-state index contributed by atoms with van der Waals surface area (Å²) in [6.07, 6.45) is 1.40. The summed E-state index contributed by atoms with van der Waals surface area (Å²) in [6.45, 7) is 10.4. The molecule has 3 rings (SSSR count). The molecule has 0 aliphatic heterocycles. The monoisotopic (exact) mass is 333 g/mol. The first-order valence-electron chi connectivity index (χ1n) is 8.93. The van der Waals surface area contributed by atoms with Crippen LogP contribution in [0.25, 0.3) is 5.57 Å². The van der Waals surface area contributed by atoms with E-state index in [2.05, 4.69) is 76.3 Å². The van der Waals surface area contributed by atoms with E-state index >= 15 is 0 Å². The number of carbonyl (C=O) groups excluding carboxylic acids is 1. The Labute approximate surface area is 151 Å². The molecule has 25 heavy (non-hydrogen) atoms. The summed E-state index contributed by atoms with van der Waals surface area (Å²) in [5.74, 6) is 0.0789. The van der Waals surface area contributed by atoms with Gasteiger partial charge in [-0.25, -0.2) is 0 Å². The Balaban J connectivity index is 1.77. The highest BCUT2D eigenvalue weighted by Crippen LogP contribution is 2.35. The molecular weight excluding hydrogens is 306 g/mol. The van der Waals surface area contributed by atoms with Crippen LogP contribution in [0.1, 0.15) is 55.0 Å². The lowest BCUT2D eigenvalue weighted by Gasteiger charge is -2.27. The van der Waals surface area contributed by atoms with Gasteiger partial charge in [-0.2, -0.15) is 0 Å². The molecule has 0 bridgehead atoms. The second-order valence-corrected chi connectivity index (χ2v) is 7.82. The standard InChI is InChI=1S/C23H27NO/c1-15-7-6-8-19(11-15)23(4,5)24-22(25)14-20-17(3)13-18-10-9-16(2)12-21(18)20/h6-12H,13-14H2,1-5H3,(H,24,25). The molecule has 0 unspecified atom stereocenters. The van der Waals surface area contributed by atoms with E-state index in [1.807, 2.05) is 6.07 Å². The van der Waals surface area contributed by atoms with Gasteiger partial charge in [0.05, 0.1) is 12.0 Å². The Bertz CT molecular complexity index is 858. The number of hydrogen-bond donors (Lipinski definition) is 1. The van der Waals surface area contributed by atoms with Crippen molar-refractivity contribution in [3.63, 3.8) is 0 Å². The molecular formula is C23H27NO. The smallest absolute Gasteiger partial charge is 0.225 e. The van der Waals surface area contributed by atoms with Gasteiger partial charge in [0.15, 0.2) is 0 Å². The van der Waals surface area contributed by atoms with Crippen LogP contribution < -0.4 is 5.32 Å². The molecule has 1 aliphatic rings. The maximum atomic E-state index is 12.8. The van der Waals surface area contributed by atoms with E-state index < -0.39 is 0 Å². The van der Waals surface area contributed by atoms with Crippen molar-refractivity contribution < 1.29 is 4.79 Å². The molecule has 0 atom stereocenters. The predicted molar refractivity (Wildman–Crippen MR) is 104 cm³/mol. The highest BCUT2D eigenvalue weighted by molar-refractivity contribution is 5.92. The molecule has 0 saturated carbocycles. The number of allylic oxidation sites excluding steroid dienone is 1. The third kappa shape index (κ3) is 3.68. The van der Waals surface area contributed by atoms with Gasteiger partial charge in [0.2, 0.25) is 5.91 Å². The van der Waals surface area contributed by atoms with Crippen LogP contribution in [0.3, 0.4) is 0 Å². The fraction of sp³-hybridized carbons (Fsp3) is 0.348. The summed E-state index contributed by atoms with van der Waals surface area (Å²) in [4.78, 5) is 12.8. The fourth-order valence-corrected chi connectivity index (χ4v) is 3.65. The van der Waals surface area contributed by atoms with Crippen LogP contribution in [0.5, 0.6) is 0 Å². The van der Waals surface area contributed by atoms with E-state index in [4.69, 9.17) is 0 Å². The molecule has 0 spiro atoms. The second kappa shape index (κ2) is 6.51. The highest BCUT2D eigenvalue weighted by atomic mass is 16.1. The van der Waals surface area contributed by atoms with Crippen molar-refractivity contribution in [2.75, 3.05) is 0 Å². The third-order valence-corrected chi connectivity index (χ3v) is 5.09. The summed E-state index contributed by atoms with van der Waals surface area (Å²) >= 11 is 0. The van der Waals surface area contributed by atoms with E-state index in [0.29, 0.717) is 6.42 Å². The lowest BCUT2D eigenvalue weighted by atomic mass is 9.92. The zero-order valence-electron chi connectivity index (χ0n) is 15.9. The Kier molecular flexibility index (Phi) is 4.55. The SMILES string of the molecule is CC1=C(CC(=O)NC(C)(C)c2cccc(C)c2)c2cc(C)ccc2C1. The summed E-state index contributed by atoms with van der Waals surface area (Å²) in [7, 11) is 0. The summed E-state index contributed by atoms with van der Waals surface area (Å²) < 4.78 is 0. The van der Waals surface area contributed by atoms with E-state index in [-0.39, 0.29) is 11.4 Å². The zero-order valence-corrected chi connectivity index (χ0v) is 15.9. The van der Waals surface area contributed by atoms with Gasteiger partial charge in [-0.3, -0.25) is 4.79 Å². The van der Waals surface area contributed by atoms with Crippen molar-refractivity contribution in [3.8, 4) is 0 Å². The van der Waals surface area contributed by atoms with E-state index in [9.17, 15) is 4.79 Å². The minimum absolute atomic E-state index is 0.0789. The molecule has 0 fully saturated rings. The van der Waals surface area contributed by atoms with Gasteiger partial charge < -0.3 is 5.32 Å². The first kappa shape index (κ1) is 17.5. The van der Waals surface area contributed by atoms with Gasteiger partial charge in [-0.05, 0) is 63.3 Å². The van der Waals surface area contributed by atoms with E-state index in [1.165, 1.54) is 33.4 Å². The van der Waals surface area contributed by atoms with Gasteiger partial charge in [-0.1, -0.05) is 59.2 Å². The lowest BCUT2D eigenvalue weighted by Crippen LogP contribution is -2.41. The summed E-state index contributed by atoms with van der Waals surface area (Å²) in [6, 6.07) is 14.9. The van der Waals surface area contributed by atoms with E-state index in [0.717, 1.165) is 12.0 Å². The first-order valence-corrected chi connectivity index (χ1v) is 8.93. The normalized spacial score (nSPS) is 13.8. The topological polar surface area (TPSA) is 29.1 Å². The van der Waals surface area contributed by atoms with Crippen LogP contribution >= 0.6 is 0 Å². The van der Waals surface area contributed by atoms with Crippen molar-refractivity contribution >= 4 is 11.5 Å². The first-order chi connectivity index (χ1) is 11.8. The van der Waals surface area contributed by atoms with Crippen molar-refractivity contribution in [2.24, 2.45) is 0 Å². The molecule has 130 valence electrons. The average Bonchev–Trinajstić information content (AvgIpc) is 2.82. The number of amides is 1. The van der Waals surface area contributed by atoms with Crippen LogP contribution in [0.2, 0.25) is 0 Å². The Morgan fingerprint density at radius 1 is 1.04 bits per heavy atom. The molecule has 0 aromatic heterocycles. The van der Waals surface area contributed by atoms with Gasteiger partial charge >= 0.3 is 0 Å². The Hall–Kier alpha value is -2.35. The minimum Gasteiger partial charge on any atom is -0.347 e. The molecule has 2 heteroatoms. The highest BCUT2D eigenvalue weighted by Gasteiger charge is 2.26. The predicted octanol–water partition coefficient (Wildman–Crippen LogP) is 5.07. The average molecular weight is 333 g/mol. The van der Waals surface area contributed by atoms with Gasteiger partial charge in [0.1, 0.15) is 0 Å². The molecule has 1 amide bonds. The van der Waals surface area contributed by atoms with Crippen molar-refractivity contribution in [1.82, 2.24) is 5.32 Å². The van der Waals surface area contributed by atoms with Gasteiger partial charge in [-0.15, -0.1) is 0 Å². The molecule has 2 nitrogen and oxygen atoms in total. The number of rotatable bonds is 4. The molecule has 2 aromatic rings. The molecule has 1 aliphatic carbocycles. The van der Waals surface area contributed by atoms with Crippen LogP contribution in [0.4, 0.5) is 0 Å². The van der Waals surface area contributed by atoms with Crippen LogP contribution in [-0.2, 0) is 16.8 Å². The number of aryl methyl sites for hydroxylation is 2.